The number of hydrogen-bond acceptors (Lipinski definition) is 4. The predicted octanol–water partition coefficient (Wildman–Crippen LogP) is 4.41. The van der Waals surface area contributed by atoms with Crippen LogP contribution in [0.15, 0.2) is 66.7 Å². The van der Waals surface area contributed by atoms with Gasteiger partial charge in [-0.15, -0.1) is 0 Å². The first-order valence-electron chi connectivity index (χ1n) is 11.4. The Bertz CT molecular complexity index is 1280. The van der Waals surface area contributed by atoms with E-state index in [1.54, 1.807) is 13.0 Å². The Morgan fingerprint density at radius 1 is 0.914 bits per heavy atom. The molecule has 2 fully saturated rings. The van der Waals surface area contributed by atoms with E-state index >= 15 is 0 Å². The summed E-state index contributed by atoms with van der Waals surface area (Å²) in [5, 5.41) is 4.77. The van der Waals surface area contributed by atoms with Gasteiger partial charge in [-0.05, 0) is 41.5 Å². The number of hydrogen-bond donors (Lipinski definition) is 1. The molecule has 2 saturated heterocycles. The molecule has 1 atom stereocenters. The molecule has 182 valence electrons. The van der Waals surface area contributed by atoms with Gasteiger partial charge in [0, 0.05) is 31.9 Å². The van der Waals surface area contributed by atoms with Crippen molar-refractivity contribution in [1.82, 2.24) is 15.1 Å². The molecule has 3 aromatic carbocycles. The highest BCUT2D eigenvalue weighted by Crippen LogP contribution is 2.34. The Morgan fingerprint density at radius 2 is 1.60 bits per heavy atom. The summed E-state index contributed by atoms with van der Waals surface area (Å²) in [5.41, 5.74) is -0.606. The molecule has 2 aliphatic rings. The Morgan fingerprint density at radius 3 is 2.34 bits per heavy atom. The molecule has 2 heterocycles. The van der Waals surface area contributed by atoms with Gasteiger partial charge in [0.1, 0.15) is 5.54 Å². The summed E-state index contributed by atoms with van der Waals surface area (Å²) in [5.74, 6) is -0.320. The first-order chi connectivity index (χ1) is 16.7. The zero-order valence-electron chi connectivity index (χ0n) is 19.2. The first-order valence-corrected chi connectivity index (χ1v) is 11.4. The Kier molecular flexibility index (Phi) is 5.67. The molecular weight excluding hydrogens is 457 g/mol. The second-order valence-corrected chi connectivity index (χ2v) is 9.11. The van der Waals surface area contributed by atoms with Crippen LogP contribution in [-0.2, 0) is 16.5 Å². The highest BCUT2D eigenvalue weighted by atomic mass is 19.4. The zero-order chi connectivity index (χ0) is 24.8. The van der Waals surface area contributed by atoms with E-state index in [0.717, 1.165) is 28.5 Å². The molecule has 2 aliphatic heterocycles. The molecule has 35 heavy (non-hydrogen) atoms. The molecule has 0 aliphatic carbocycles. The quantitative estimate of drug-likeness (QED) is 0.560. The number of rotatable bonds is 4. The van der Waals surface area contributed by atoms with Gasteiger partial charge in [0.15, 0.2) is 0 Å². The summed E-state index contributed by atoms with van der Waals surface area (Å²) in [4.78, 5) is 31.4. The third-order valence-electron chi connectivity index (χ3n) is 6.86. The molecule has 9 heteroatoms. The van der Waals surface area contributed by atoms with Gasteiger partial charge >= 0.3 is 12.2 Å². The average Bonchev–Trinajstić information content (AvgIpc) is 3.07. The molecule has 6 nitrogen and oxygen atoms in total. The second kappa shape index (κ2) is 8.57. The molecular formula is C26H25F3N4O2. The SMILES string of the molecule is CC1(c2cccc3ccccc23)NC(=O)N(CN2CCN(c3cccc(C(F)(F)F)c3)CC2)C1=O. The number of halogens is 3. The van der Waals surface area contributed by atoms with Gasteiger partial charge in [-0.3, -0.25) is 9.69 Å². The van der Waals surface area contributed by atoms with Crippen LogP contribution in [0.4, 0.5) is 23.7 Å². The van der Waals surface area contributed by atoms with Gasteiger partial charge in [0.25, 0.3) is 5.91 Å². The maximum atomic E-state index is 13.5. The van der Waals surface area contributed by atoms with E-state index in [1.807, 2.05) is 52.3 Å². The fraction of sp³-hybridized carbons (Fsp3) is 0.308. The minimum Gasteiger partial charge on any atom is -0.369 e. The second-order valence-electron chi connectivity index (χ2n) is 9.11. The lowest BCUT2D eigenvalue weighted by Crippen LogP contribution is -2.51. The molecule has 0 bridgehead atoms. The largest absolute Gasteiger partial charge is 0.416 e. The zero-order valence-corrected chi connectivity index (χ0v) is 19.2. The van der Waals surface area contributed by atoms with Crippen LogP contribution in [0.5, 0.6) is 0 Å². The summed E-state index contributed by atoms with van der Waals surface area (Å²) in [6.45, 7) is 3.86. The van der Waals surface area contributed by atoms with Gasteiger partial charge in [-0.1, -0.05) is 48.5 Å². The summed E-state index contributed by atoms with van der Waals surface area (Å²) in [6.07, 6.45) is -4.39. The van der Waals surface area contributed by atoms with E-state index in [4.69, 9.17) is 0 Å². The van der Waals surface area contributed by atoms with Crippen molar-refractivity contribution < 1.29 is 22.8 Å². The number of benzene rings is 3. The van der Waals surface area contributed by atoms with Gasteiger partial charge in [-0.2, -0.15) is 13.2 Å². The molecule has 5 rings (SSSR count). The third-order valence-corrected chi connectivity index (χ3v) is 6.86. The van der Waals surface area contributed by atoms with Crippen molar-refractivity contribution in [3.63, 3.8) is 0 Å². The molecule has 3 amide bonds. The lowest BCUT2D eigenvalue weighted by atomic mass is 9.88. The van der Waals surface area contributed by atoms with Crippen LogP contribution in [0.25, 0.3) is 10.8 Å². The third kappa shape index (κ3) is 4.20. The molecule has 0 spiro atoms. The minimum absolute atomic E-state index is 0.126. The number of carbonyl (C=O) groups is 2. The maximum absolute atomic E-state index is 13.5. The van der Waals surface area contributed by atoms with Crippen LogP contribution < -0.4 is 10.2 Å². The first kappa shape index (κ1) is 23.2. The Labute approximate surface area is 200 Å². The maximum Gasteiger partial charge on any atom is 0.416 e. The van der Waals surface area contributed by atoms with Crippen LogP contribution in [0.1, 0.15) is 18.1 Å². The summed E-state index contributed by atoms with van der Waals surface area (Å²) in [7, 11) is 0. The standard InChI is InChI=1S/C26H25F3N4O2/c1-25(22-11-4-7-18-6-2-3-10-21(18)22)23(34)33(24(35)30-25)17-31-12-14-32(15-13-31)20-9-5-8-19(16-20)26(27,28)29/h2-11,16H,12-15,17H2,1H3,(H,30,35). The van der Waals surface area contributed by atoms with Crippen LogP contribution >= 0.6 is 0 Å². The number of carbonyl (C=O) groups excluding carboxylic acids is 2. The molecule has 0 aromatic heterocycles. The van der Waals surface area contributed by atoms with Gasteiger partial charge < -0.3 is 10.2 Å². The van der Waals surface area contributed by atoms with Crippen molar-refractivity contribution in [1.29, 1.82) is 0 Å². The number of amides is 3. The van der Waals surface area contributed by atoms with Crippen LogP contribution in [0, 0.1) is 0 Å². The van der Waals surface area contributed by atoms with Crippen molar-refractivity contribution in [3.05, 3.63) is 77.9 Å². The van der Waals surface area contributed by atoms with Gasteiger partial charge in [0.2, 0.25) is 0 Å². The number of nitrogens with zero attached hydrogens (tertiary/aromatic N) is 3. The van der Waals surface area contributed by atoms with E-state index in [9.17, 15) is 22.8 Å². The Balaban J connectivity index is 1.28. The minimum atomic E-state index is -4.39. The fourth-order valence-corrected chi connectivity index (χ4v) is 4.90. The summed E-state index contributed by atoms with van der Waals surface area (Å²) < 4.78 is 39.2. The highest BCUT2D eigenvalue weighted by molar-refractivity contribution is 6.09. The molecule has 1 unspecified atom stereocenters. The van der Waals surface area contributed by atoms with Crippen LogP contribution in [0.3, 0.4) is 0 Å². The molecule has 0 radical (unpaired) electrons. The van der Waals surface area contributed by atoms with E-state index in [2.05, 4.69) is 5.32 Å². The molecule has 3 aromatic rings. The van der Waals surface area contributed by atoms with Crippen molar-refractivity contribution >= 4 is 28.4 Å². The summed E-state index contributed by atoms with van der Waals surface area (Å²) in [6, 6.07) is 18.3. The highest BCUT2D eigenvalue weighted by Gasteiger charge is 2.50. The average molecular weight is 483 g/mol. The van der Waals surface area contributed by atoms with Crippen LogP contribution in [-0.4, -0.2) is 54.6 Å². The lowest BCUT2D eigenvalue weighted by Gasteiger charge is -2.37. The number of piperazine rings is 1. The monoisotopic (exact) mass is 482 g/mol. The van der Waals surface area contributed by atoms with E-state index in [-0.39, 0.29) is 12.6 Å². The summed E-state index contributed by atoms with van der Waals surface area (Å²) >= 11 is 0. The number of imide groups is 1. The number of urea groups is 1. The van der Waals surface area contributed by atoms with Crippen molar-refractivity contribution in [2.24, 2.45) is 0 Å². The topological polar surface area (TPSA) is 55.9 Å². The number of nitrogens with one attached hydrogen (secondary N) is 1. The normalized spacial score (nSPS) is 21.6. The van der Waals surface area contributed by atoms with E-state index in [1.165, 1.54) is 11.0 Å². The molecule has 0 saturated carbocycles. The smallest absolute Gasteiger partial charge is 0.369 e. The van der Waals surface area contributed by atoms with Gasteiger partial charge in [0.05, 0.1) is 12.2 Å². The molecule has 1 N–H and O–H groups in total. The van der Waals surface area contributed by atoms with E-state index < -0.39 is 23.3 Å². The van der Waals surface area contributed by atoms with E-state index in [0.29, 0.717) is 31.9 Å². The van der Waals surface area contributed by atoms with Crippen LogP contribution in [0.2, 0.25) is 0 Å². The fourth-order valence-electron chi connectivity index (χ4n) is 4.90. The number of alkyl halides is 3. The number of fused-ring (bicyclic) bond motifs is 1. The van der Waals surface area contributed by atoms with Gasteiger partial charge in [-0.25, -0.2) is 9.69 Å². The van der Waals surface area contributed by atoms with Crippen molar-refractivity contribution in [2.45, 2.75) is 18.6 Å². The lowest BCUT2D eigenvalue weighted by molar-refractivity contribution is -0.137. The predicted molar refractivity (Wildman–Crippen MR) is 127 cm³/mol. The Hall–Kier alpha value is -3.59. The number of anilines is 1. The van der Waals surface area contributed by atoms with Crippen molar-refractivity contribution in [2.75, 3.05) is 37.7 Å². The van der Waals surface area contributed by atoms with Crippen molar-refractivity contribution in [3.8, 4) is 0 Å².